The molecule has 0 spiro atoms. The minimum Gasteiger partial charge on any atom is -0.261 e. The number of aryl methyl sites for hydroxylation is 2. The van der Waals surface area contributed by atoms with Crippen molar-refractivity contribution in [3.8, 4) is 0 Å². The summed E-state index contributed by atoms with van der Waals surface area (Å²) in [7, 11) is 0. The summed E-state index contributed by atoms with van der Waals surface area (Å²) in [4.78, 5) is 4.42. The number of hydrogen-bond donors (Lipinski definition) is 0. The van der Waals surface area contributed by atoms with Gasteiger partial charge in [0.15, 0.2) is 0 Å². The van der Waals surface area contributed by atoms with Gasteiger partial charge in [-0.25, -0.2) is 0 Å². The first kappa shape index (κ1) is 14.2. The Morgan fingerprint density at radius 2 is 1.87 bits per heavy atom. The van der Waals surface area contributed by atoms with E-state index in [4.69, 9.17) is 0 Å². The molecule has 0 saturated carbocycles. The van der Waals surface area contributed by atoms with Crippen LogP contribution < -0.4 is 0 Å². The van der Waals surface area contributed by atoms with Crippen LogP contribution in [0.15, 0.2) is 18.3 Å². The number of aromatic nitrogens is 1. The minimum absolute atomic E-state index is 0.771. The zero-order valence-corrected chi connectivity index (χ0v) is 10.9. The summed E-state index contributed by atoms with van der Waals surface area (Å²) < 4.78 is 0. The van der Waals surface area contributed by atoms with E-state index in [2.05, 4.69) is 37.9 Å². The van der Waals surface area contributed by atoms with Crippen molar-refractivity contribution in [3.63, 3.8) is 0 Å². The zero-order valence-electron chi connectivity index (χ0n) is 10.9. The highest BCUT2D eigenvalue weighted by Gasteiger charge is 1.97. The first-order valence-corrected chi connectivity index (χ1v) is 6.16. The van der Waals surface area contributed by atoms with Crippen molar-refractivity contribution in [1.29, 1.82) is 0 Å². The molecule has 0 radical (unpaired) electrons. The summed E-state index contributed by atoms with van der Waals surface area (Å²) in [5.74, 6) is 0.771. The van der Waals surface area contributed by atoms with E-state index in [-0.39, 0.29) is 0 Å². The minimum atomic E-state index is 0.771. The number of hydrogen-bond acceptors (Lipinski definition) is 1. The van der Waals surface area contributed by atoms with E-state index < -0.39 is 0 Å². The third kappa shape index (κ3) is 6.27. The summed E-state index contributed by atoms with van der Waals surface area (Å²) in [6.07, 6.45) is 5.42. The highest BCUT2D eigenvalue weighted by atomic mass is 14.7. The molecule has 1 aromatic rings. The summed E-state index contributed by atoms with van der Waals surface area (Å²) in [5.41, 5.74) is 2.55. The Hall–Kier alpha value is -0.850. The first-order chi connectivity index (χ1) is 7.22. The van der Waals surface area contributed by atoms with E-state index in [1.54, 1.807) is 0 Å². The standard InChI is InChI=1S/C12H19N.C2H6/c1-4-11-6-8-12(13-9-11)7-5-10(2)3;1-2/h6,8-10H,4-5,7H2,1-3H3;1-2H3. The summed E-state index contributed by atoms with van der Waals surface area (Å²) in [6.45, 7) is 10.7. The van der Waals surface area contributed by atoms with E-state index in [9.17, 15) is 0 Å². The lowest BCUT2D eigenvalue weighted by Gasteiger charge is -2.04. The first-order valence-electron chi connectivity index (χ1n) is 6.16. The molecule has 0 aliphatic rings. The lowest BCUT2D eigenvalue weighted by molar-refractivity contribution is 0.581. The van der Waals surface area contributed by atoms with Crippen molar-refractivity contribution >= 4 is 0 Å². The normalized spacial score (nSPS) is 9.73. The fourth-order valence-electron chi connectivity index (χ4n) is 1.25. The maximum atomic E-state index is 4.42. The molecule has 0 fully saturated rings. The van der Waals surface area contributed by atoms with Gasteiger partial charge in [-0.15, -0.1) is 0 Å². The van der Waals surface area contributed by atoms with E-state index in [1.807, 2.05) is 20.0 Å². The average Bonchev–Trinajstić information content (AvgIpc) is 2.30. The Labute approximate surface area is 94.9 Å². The van der Waals surface area contributed by atoms with Crippen molar-refractivity contribution in [2.75, 3.05) is 0 Å². The number of nitrogens with zero attached hydrogens (tertiary/aromatic N) is 1. The molecule has 0 unspecified atom stereocenters. The van der Waals surface area contributed by atoms with Crippen molar-refractivity contribution in [3.05, 3.63) is 29.6 Å². The van der Waals surface area contributed by atoms with Crippen LogP contribution in [0.2, 0.25) is 0 Å². The topological polar surface area (TPSA) is 12.9 Å². The van der Waals surface area contributed by atoms with E-state index >= 15 is 0 Å². The Morgan fingerprint density at radius 1 is 1.20 bits per heavy atom. The molecule has 0 aromatic carbocycles. The van der Waals surface area contributed by atoms with Crippen LogP contribution in [0, 0.1) is 5.92 Å². The van der Waals surface area contributed by atoms with Gasteiger partial charge in [0.1, 0.15) is 0 Å². The second kappa shape index (κ2) is 8.46. The molecule has 1 nitrogen and oxygen atoms in total. The van der Waals surface area contributed by atoms with Gasteiger partial charge in [-0.05, 0) is 36.8 Å². The van der Waals surface area contributed by atoms with E-state index in [1.165, 1.54) is 17.7 Å². The molecule has 0 N–H and O–H groups in total. The van der Waals surface area contributed by atoms with E-state index in [0.29, 0.717) is 0 Å². The average molecular weight is 207 g/mol. The predicted octanol–water partition coefficient (Wildman–Crippen LogP) is 4.26. The van der Waals surface area contributed by atoms with Crippen molar-refractivity contribution in [2.24, 2.45) is 5.92 Å². The fraction of sp³-hybridized carbons (Fsp3) is 0.643. The molecular formula is C14H25N. The predicted molar refractivity (Wildman–Crippen MR) is 68.1 cm³/mol. The van der Waals surface area contributed by atoms with Crippen molar-refractivity contribution in [2.45, 2.75) is 53.9 Å². The van der Waals surface area contributed by atoms with E-state index in [0.717, 1.165) is 18.8 Å². The molecule has 0 bridgehead atoms. The van der Waals surface area contributed by atoms with Gasteiger partial charge in [0.2, 0.25) is 0 Å². The van der Waals surface area contributed by atoms with Gasteiger partial charge in [-0.2, -0.15) is 0 Å². The van der Waals surface area contributed by atoms with Crippen LogP contribution in [-0.4, -0.2) is 4.98 Å². The van der Waals surface area contributed by atoms with Gasteiger partial charge in [0, 0.05) is 11.9 Å². The molecule has 0 atom stereocenters. The molecule has 15 heavy (non-hydrogen) atoms. The lowest BCUT2D eigenvalue weighted by Crippen LogP contribution is -1.95. The Kier molecular flexibility index (Phi) is 7.98. The maximum Gasteiger partial charge on any atom is 0.0403 e. The molecule has 86 valence electrons. The zero-order chi connectivity index (χ0) is 11.7. The van der Waals surface area contributed by atoms with Crippen LogP contribution in [0.1, 0.15) is 52.3 Å². The van der Waals surface area contributed by atoms with Gasteiger partial charge in [0.25, 0.3) is 0 Å². The molecule has 1 heterocycles. The molecule has 1 rings (SSSR count). The number of pyridine rings is 1. The highest BCUT2D eigenvalue weighted by molar-refractivity contribution is 5.13. The maximum absolute atomic E-state index is 4.42. The van der Waals surface area contributed by atoms with Crippen LogP contribution >= 0.6 is 0 Å². The van der Waals surface area contributed by atoms with Gasteiger partial charge >= 0.3 is 0 Å². The second-order valence-corrected chi connectivity index (χ2v) is 3.94. The van der Waals surface area contributed by atoms with Gasteiger partial charge in [-0.1, -0.05) is 40.7 Å². The molecule has 0 aliphatic carbocycles. The van der Waals surface area contributed by atoms with Crippen LogP contribution in [-0.2, 0) is 12.8 Å². The molecule has 0 saturated heterocycles. The highest BCUT2D eigenvalue weighted by Crippen LogP contribution is 2.07. The quantitative estimate of drug-likeness (QED) is 0.719. The smallest absolute Gasteiger partial charge is 0.0403 e. The van der Waals surface area contributed by atoms with Crippen LogP contribution in [0.4, 0.5) is 0 Å². The number of rotatable bonds is 4. The largest absolute Gasteiger partial charge is 0.261 e. The van der Waals surface area contributed by atoms with Crippen LogP contribution in [0.5, 0.6) is 0 Å². The third-order valence-corrected chi connectivity index (χ3v) is 2.27. The third-order valence-electron chi connectivity index (χ3n) is 2.27. The summed E-state index contributed by atoms with van der Waals surface area (Å²) in [6, 6.07) is 4.34. The van der Waals surface area contributed by atoms with Gasteiger partial charge in [0.05, 0.1) is 0 Å². The van der Waals surface area contributed by atoms with Gasteiger partial charge < -0.3 is 0 Å². The molecule has 0 aliphatic heterocycles. The Bertz CT molecular complexity index is 236. The SMILES string of the molecule is CC.CCc1ccc(CCC(C)C)nc1. The monoisotopic (exact) mass is 207 g/mol. The van der Waals surface area contributed by atoms with Crippen LogP contribution in [0.3, 0.4) is 0 Å². The Balaban J connectivity index is 0.000000921. The van der Waals surface area contributed by atoms with Crippen molar-refractivity contribution < 1.29 is 0 Å². The molecule has 0 amide bonds. The van der Waals surface area contributed by atoms with Gasteiger partial charge in [-0.3, -0.25) is 4.98 Å². The molecule has 1 heteroatoms. The Morgan fingerprint density at radius 3 is 2.27 bits per heavy atom. The lowest BCUT2D eigenvalue weighted by atomic mass is 10.1. The van der Waals surface area contributed by atoms with Crippen LogP contribution in [0.25, 0.3) is 0 Å². The van der Waals surface area contributed by atoms with Crippen molar-refractivity contribution in [1.82, 2.24) is 4.98 Å². The fourth-order valence-corrected chi connectivity index (χ4v) is 1.25. The summed E-state index contributed by atoms with van der Waals surface area (Å²) >= 11 is 0. The molecular weight excluding hydrogens is 182 g/mol. The second-order valence-electron chi connectivity index (χ2n) is 3.94. The summed E-state index contributed by atoms with van der Waals surface area (Å²) in [5, 5.41) is 0. The molecule has 1 aromatic heterocycles.